The van der Waals surface area contributed by atoms with Crippen molar-refractivity contribution in [3.63, 3.8) is 0 Å². The van der Waals surface area contributed by atoms with Gasteiger partial charge in [0.05, 0.1) is 5.52 Å². The Labute approximate surface area is 119 Å². The summed E-state index contributed by atoms with van der Waals surface area (Å²) in [5, 5.41) is 10.5. The number of aromatic hydroxyl groups is 1. The Bertz CT molecular complexity index is 735. The second-order valence-electron chi connectivity index (χ2n) is 4.27. The van der Waals surface area contributed by atoms with Crippen LogP contribution in [0.2, 0.25) is 0 Å². The Morgan fingerprint density at radius 3 is 2.58 bits per heavy atom. The van der Waals surface area contributed by atoms with Crippen LogP contribution in [0.4, 0.5) is 0 Å². The Balaban J connectivity index is 2.93. The number of halogens is 2. The Hall–Kier alpha value is -1.52. The third-order valence-corrected chi connectivity index (χ3v) is 3.37. The molecule has 1 aromatic carbocycles. The highest BCUT2D eigenvalue weighted by molar-refractivity contribution is 6.55. The number of aromatic nitrogens is 1. The molecule has 0 saturated heterocycles. The number of rotatable bonds is 2. The number of aryl methyl sites for hydroxylation is 2. The number of benzene rings is 1. The van der Waals surface area contributed by atoms with Crippen molar-refractivity contribution in [3.05, 3.63) is 39.7 Å². The summed E-state index contributed by atoms with van der Waals surface area (Å²) >= 11 is 11.0. The lowest BCUT2D eigenvalue weighted by atomic mass is 10.1. The van der Waals surface area contributed by atoms with Gasteiger partial charge in [-0.1, -0.05) is 29.3 Å². The van der Waals surface area contributed by atoms with E-state index < -0.39 is 16.2 Å². The molecule has 0 bridgehead atoms. The third-order valence-electron chi connectivity index (χ3n) is 2.97. The van der Waals surface area contributed by atoms with Crippen LogP contribution in [0.5, 0.6) is 5.75 Å². The quantitative estimate of drug-likeness (QED) is 0.685. The van der Waals surface area contributed by atoms with Crippen molar-refractivity contribution in [2.24, 2.45) is 7.05 Å². The molecular weight excluding hydrogens is 289 g/mol. The molecule has 19 heavy (non-hydrogen) atoms. The molecule has 2 rings (SSSR count). The smallest absolute Gasteiger partial charge is 0.265 e. The van der Waals surface area contributed by atoms with Gasteiger partial charge in [-0.3, -0.25) is 9.59 Å². The van der Waals surface area contributed by atoms with Crippen LogP contribution in [0.15, 0.2) is 23.0 Å². The maximum Gasteiger partial charge on any atom is 0.265 e. The normalized spacial score (nSPS) is 11.2. The summed E-state index contributed by atoms with van der Waals surface area (Å²) in [6, 6.07) is 5.18. The predicted molar refractivity (Wildman–Crippen MR) is 75.4 cm³/mol. The van der Waals surface area contributed by atoms with Gasteiger partial charge in [0.2, 0.25) is 5.78 Å². The number of fused-ring (bicyclic) bond motifs is 1. The van der Waals surface area contributed by atoms with Crippen molar-refractivity contribution >= 4 is 39.9 Å². The number of carbonyl (C=O) groups excluding carboxylic acids is 1. The number of pyridine rings is 1. The molecule has 0 spiro atoms. The molecule has 6 heteroatoms. The van der Waals surface area contributed by atoms with Gasteiger partial charge in [-0.15, -0.1) is 0 Å². The maximum atomic E-state index is 12.1. The fourth-order valence-electron chi connectivity index (χ4n) is 1.96. The molecule has 0 radical (unpaired) electrons. The minimum atomic E-state index is -1.39. The van der Waals surface area contributed by atoms with Crippen LogP contribution < -0.4 is 5.56 Å². The van der Waals surface area contributed by atoms with E-state index in [0.29, 0.717) is 10.9 Å². The SMILES string of the molecule is Cc1ccc2c(O)c(C(=O)C(Cl)Cl)c(=O)n(C)c2c1. The first-order valence-corrected chi connectivity index (χ1v) is 6.36. The average Bonchev–Trinajstić information content (AvgIpc) is 2.35. The minimum Gasteiger partial charge on any atom is -0.506 e. The molecule has 0 aliphatic carbocycles. The number of alkyl halides is 2. The van der Waals surface area contributed by atoms with E-state index in [4.69, 9.17) is 23.2 Å². The number of hydrogen-bond acceptors (Lipinski definition) is 3. The summed E-state index contributed by atoms with van der Waals surface area (Å²) < 4.78 is 1.30. The molecule has 1 N–H and O–H groups in total. The lowest BCUT2D eigenvalue weighted by molar-refractivity contribution is 0.100. The standard InChI is InChI=1S/C13H11Cl2NO3/c1-6-3-4-7-8(5-6)16(2)13(19)9(10(7)17)11(18)12(14)15/h3-5,12,17H,1-2H3. The third kappa shape index (κ3) is 2.22. The molecule has 1 aromatic heterocycles. The highest BCUT2D eigenvalue weighted by Crippen LogP contribution is 2.28. The van der Waals surface area contributed by atoms with Crippen molar-refractivity contribution in [2.75, 3.05) is 0 Å². The number of ketones is 1. The van der Waals surface area contributed by atoms with Gasteiger partial charge in [-0.05, 0) is 24.6 Å². The van der Waals surface area contributed by atoms with Crippen LogP contribution in [0.1, 0.15) is 15.9 Å². The molecule has 4 nitrogen and oxygen atoms in total. The van der Waals surface area contributed by atoms with E-state index in [0.717, 1.165) is 5.56 Å². The summed E-state index contributed by atoms with van der Waals surface area (Å²) in [6.45, 7) is 1.87. The van der Waals surface area contributed by atoms with Crippen molar-refractivity contribution in [1.29, 1.82) is 0 Å². The molecule has 0 atom stereocenters. The van der Waals surface area contributed by atoms with Crippen LogP contribution in [0, 0.1) is 6.92 Å². The van der Waals surface area contributed by atoms with Crippen molar-refractivity contribution in [1.82, 2.24) is 4.57 Å². The zero-order chi connectivity index (χ0) is 14.3. The molecule has 0 aliphatic rings. The predicted octanol–water partition coefficient (Wildman–Crippen LogP) is 2.54. The lowest BCUT2D eigenvalue weighted by Gasteiger charge is -2.12. The monoisotopic (exact) mass is 299 g/mol. The summed E-state index contributed by atoms with van der Waals surface area (Å²) in [5.74, 6) is -1.18. The molecule has 2 aromatic rings. The molecule has 0 unspecified atom stereocenters. The molecule has 0 aliphatic heterocycles. The lowest BCUT2D eigenvalue weighted by Crippen LogP contribution is -2.27. The highest BCUT2D eigenvalue weighted by Gasteiger charge is 2.25. The van der Waals surface area contributed by atoms with Gasteiger partial charge in [0.25, 0.3) is 5.56 Å². The first-order chi connectivity index (χ1) is 8.84. The van der Waals surface area contributed by atoms with E-state index in [9.17, 15) is 14.7 Å². The Kier molecular flexibility index (Phi) is 3.56. The van der Waals surface area contributed by atoms with Gasteiger partial charge in [-0.2, -0.15) is 0 Å². The van der Waals surface area contributed by atoms with E-state index >= 15 is 0 Å². The highest BCUT2D eigenvalue weighted by atomic mass is 35.5. The van der Waals surface area contributed by atoms with Gasteiger partial charge < -0.3 is 9.67 Å². The Morgan fingerprint density at radius 1 is 1.37 bits per heavy atom. The maximum absolute atomic E-state index is 12.1. The van der Waals surface area contributed by atoms with Crippen molar-refractivity contribution in [2.45, 2.75) is 11.8 Å². The number of carbonyl (C=O) groups is 1. The van der Waals surface area contributed by atoms with Gasteiger partial charge in [0.1, 0.15) is 11.3 Å². The van der Waals surface area contributed by atoms with Gasteiger partial charge >= 0.3 is 0 Å². The van der Waals surface area contributed by atoms with Crippen LogP contribution in [0.25, 0.3) is 10.9 Å². The van der Waals surface area contributed by atoms with Crippen LogP contribution in [-0.4, -0.2) is 20.3 Å². The molecule has 100 valence electrons. The van der Waals surface area contributed by atoms with E-state index in [1.54, 1.807) is 18.2 Å². The zero-order valence-electron chi connectivity index (χ0n) is 10.3. The number of nitrogens with zero attached hydrogens (tertiary/aromatic N) is 1. The van der Waals surface area contributed by atoms with Gasteiger partial charge in [0.15, 0.2) is 4.84 Å². The van der Waals surface area contributed by atoms with Gasteiger partial charge in [0, 0.05) is 12.4 Å². The summed E-state index contributed by atoms with van der Waals surface area (Å²) in [6.07, 6.45) is 0. The van der Waals surface area contributed by atoms with E-state index in [2.05, 4.69) is 0 Å². The fraction of sp³-hybridized carbons (Fsp3) is 0.231. The average molecular weight is 300 g/mol. The fourth-order valence-corrected chi connectivity index (χ4v) is 2.18. The van der Waals surface area contributed by atoms with E-state index in [1.165, 1.54) is 11.6 Å². The zero-order valence-corrected chi connectivity index (χ0v) is 11.8. The summed E-state index contributed by atoms with van der Waals surface area (Å²) in [4.78, 5) is 22.5. The second kappa shape index (κ2) is 4.87. The molecule has 0 amide bonds. The second-order valence-corrected chi connectivity index (χ2v) is 5.37. The first kappa shape index (κ1) is 13.9. The molecule has 1 heterocycles. The summed E-state index contributed by atoms with van der Waals surface area (Å²) in [5.41, 5.74) is 0.481. The van der Waals surface area contributed by atoms with E-state index in [-0.39, 0.29) is 11.3 Å². The molecular formula is C13H11Cl2NO3. The van der Waals surface area contributed by atoms with Crippen LogP contribution in [0.3, 0.4) is 0 Å². The van der Waals surface area contributed by atoms with Crippen LogP contribution in [-0.2, 0) is 7.05 Å². The van der Waals surface area contributed by atoms with Crippen molar-refractivity contribution in [3.8, 4) is 5.75 Å². The minimum absolute atomic E-state index is 0.380. The largest absolute Gasteiger partial charge is 0.506 e. The topological polar surface area (TPSA) is 59.3 Å². The van der Waals surface area contributed by atoms with Crippen LogP contribution >= 0.6 is 23.2 Å². The summed E-state index contributed by atoms with van der Waals surface area (Å²) in [7, 11) is 1.53. The van der Waals surface area contributed by atoms with Crippen molar-refractivity contribution < 1.29 is 9.90 Å². The Morgan fingerprint density at radius 2 is 2.00 bits per heavy atom. The first-order valence-electron chi connectivity index (χ1n) is 5.49. The molecule has 0 fully saturated rings. The molecule has 0 saturated carbocycles. The van der Waals surface area contributed by atoms with Gasteiger partial charge in [-0.25, -0.2) is 0 Å². The van der Waals surface area contributed by atoms with E-state index in [1.807, 2.05) is 6.92 Å². The number of Topliss-reactive ketones (excluding diaryl/α,β-unsaturated/α-hetero) is 1. The number of hydrogen-bond donors (Lipinski definition) is 1.